The minimum absolute atomic E-state index is 0.242. The Hall–Kier alpha value is -1.29. The molecule has 0 spiro atoms. The van der Waals surface area contributed by atoms with Gasteiger partial charge in [-0.05, 0) is 22.0 Å². The van der Waals surface area contributed by atoms with Crippen LogP contribution in [0.25, 0.3) is 11.2 Å². The summed E-state index contributed by atoms with van der Waals surface area (Å²) < 4.78 is 8.68. The maximum absolute atomic E-state index is 12.3. The predicted molar refractivity (Wildman–Crippen MR) is 65.4 cm³/mol. The summed E-state index contributed by atoms with van der Waals surface area (Å²) in [5.74, 6) is 0. The van der Waals surface area contributed by atoms with Gasteiger partial charge in [-0.2, -0.15) is 0 Å². The lowest BCUT2D eigenvalue weighted by Gasteiger charge is -2.19. The first-order valence-corrected chi connectivity index (χ1v) is 6.53. The van der Waals surface area contributed by atoms with Gasteiger partial charge in [0.05, 0.1) is 11.0 Å². The molecule has 2 aliphatic heterocycles. The molecule has 2 aliphatic rings. The normalized spacial score (nSPS) is 32.8. The number of nitrogens with zero attached hydrogens (tertiary/aromatic N) is 4. The Morgan fingerprint density at radius 3 is 3.00 bits per heavy atom. The second-order valence-corrected chi connectivity index (χ2v) is 5.55. The zero-order valence-electron chi connectivity index (χ0n) is 9.47. The van der Waals surface area contributed by atoms with Crippen molar-refractivity contribution < 1.29 is 14.9 Å². The van der Waals surface area contributed by atoms with E-state index in [1.165, 1.54) is 9.25 Å². The average molecular weight is 329 g/mol. The van der Waals surface area contributed by atoms with Gasteiger partial charge in [-0.1, -0.05) is 5.21 Å². The Kier molecular flexibility index (Phi) is 2.20. The molecule has 2 unspecified atom stereocenters. The van der Waals surface area contributed by atoms with Gasteiger partial charge >= 0.3 is 0 Å². The van der Waals surface area contributed by atoms with E-state index in [-0.39, 0.29) is 12.1 Å². The first-order valence-electron chi connectivity index (χ1n) is 5.74. The summed E-state index contributed by atoms with van der Waals surface area (Å²) in [7, 11) is 0. The molecule has 2 aromatic rings. The largest absolute Gasteiger partial charge is 0.387 e. The molecular weight excluding hydrogens is 320 g/mol. The lowest BCUT2D eigenvalue weighted by atomic mass is 10.1. The first-order chi connectivity index (χ1) is 9.08. The number of rotatable bonds is 0. The molecule has 100 valence electrons. The minimum atomic E-state index is -1.15. The Morgan fingerprint density at radius 2 is 2.21 bits per heavy atom. The number of pyridine rings is 1. The van der Waals surface area contributed by atoms with E-state index in [0.29, 0.717) is 15.6 Å². The number of hydrogen-bond donors (Lipinski definition) is 2. The van der Waals surface area contributed by atoms with Crippen LogP contribution in [-0.2, 0) is 11.3 Å². The van der Waals surface area contributed by atoms with Crippen molar-refractivity contribution in [3.63, 3.8) is 0 Å². The maximum Gasteiger partial charge on any atom is 0.268 e. The van der Waals surface area contributed by atoms with Gasteiger partial charge in [-0.15, -0.1) is 5.10 Å². The third kappa shape index (κ3) is 1.35. The number of aromatic nitrogens is 4. The topological polar surface area (TPSA) is 102 Å². The summed E-state index contributed by atoms with van der Waals surface area (Å²) in [6, 6.07) is 1.58. The Bertz CT molecular complexity index is 741. The molecule has 0 saturated carbocycles. The number of aliphatic hydroxyl groups excluding tert-OH is 2. The van der Waals surface area contributed by atoms with Crippen molar-refractivity contribution in [1.82, 2.24) is 19.6 Å². The standard InChI is InChI=1S/C10H9BrN4O4/c11-3-1-4-8-14(13-12-4)2-5-6(16)7(17)10(19-5)15(8)9(3)18/h1,5-7,10,16-17H,2H2/t5-,6?,7?,10-/m1/s1. The third-order valence-electron chi connectivity index (χ3n) is 3.59. The molecule has 8 nitrogen and oxygen atoms in total. The van der Waals surface area contributed by atoms with Crippen LogP contribution in [0.3, 0.4) is 0 Å². The van der Waals surface area contributed by atoms with Gasteiger partial charge in [0.2, 0.25) is 0 Å². The van der Waals surface area contributed by atoms with Crippen LogP contribution in [0.5, 0.6) is 0 Å². The maximum atomic E-state index is 12.3. The number of hydrogen-bond acceptors (Lipinski definition) is 6. The van der Waals surface area contributed by atoms with Crippen LogP contribution in [0.15, 0.2) is 15.3 Å². The molecule has 9 heteroatoms. The minimum Gasteiger partial charge on any atom is -0.387 e. The van der Waals surface area contributed by atoms with E-state index in [9.17, 15) is 15.0 Å². The molecular formula is C10H9BrN4O4. The lowest BCUT2D eigenvalue weighted by Crippen LogP contribution is -2.38. The molecule has 0 amide bonds. The molecule has 0 aromatic carbocycles. The molecule has 1 saturated heterocycles. The van der Waals surface area contributed by atoms with Crippen LogP contribution < -0.4 is 5.56 Å². The third-order valence-corrected chi connectivity index (χ3v) is 4.16. The predicted octanol–water partition coefficient (Wildman–Crippen LogP) is -1.01. The van der Waals surface area contributed by atoms with Crippen LogP contribution in [0.1, 0.15) is 6.23 Å². The molecule has 1 fully saturated rings. The van der Waals surface area contributed by atoms with Gasteiger partial charge in [-0.25, -0.2) is 4.68 Å². The van der Waals surface area contributed by atoms with E-state index in [2.05, 4.69) is 26.2 Å². The van der Waals surface area contributed by atoms with Gasteiger partial charge in [0.15, 0.2) is 11.9 Å². The van der Waals surface area contributed by atoms with Crippen molar-refractivity contribution in [1.29, 1.82) is 0 Å². The molecule has 0 radical (unpaired) electrons. The second kappa shape index (κ2) is 3.63. The molecule has 2 aromatic heterocycles. The fourth-order valence-corrected chi connectivity index (χ4v) is 3.09. The van der Waals surface area contributed by atoms with Crippen molar-refractivity contribution in [2.75, 3.05) is 0 Å². The van der Waals surface area contributed by atoms with E-state index in [1.807, 2.05) is 0 Å². The number of fused-ring (bicyclic) bond motifs is 3. The van der Waals surface area contributed by atoms with Crippen LogP contribution >= 0.6 is 15.9 Å². The molecule has 2 N–H and O–H groups in total. The van der Waals surface area contributed by atoms with Crippen molar-refractivity contribution in [2.24, 2.45) is 0 Å². The van der Waals surface area contributed by atoms with E-state index in [1.54, 1.807) is 6.07 Å². The van der Waals surface area contributed by atoms with Crippen molar-refractivity contribution in [3.05, 3.63) is 20.9 Å². The van der Waals surface area contributed by atoms with Gasteiger partial charge in [0, 0.05) is 0 Å². The monoisotopic (exact) mass is 328 g/mol. The smallest absolute Gasteiger partial charge is 0.268 e. The summed E-state index contributed by atoms with van der Waals surface area (Å²) in [5.41, 5.74) is 0.672. The molecule has 19 heavy (non-hydrogen) atoms. The molecule has 4 atom stereocenters. The van der Waals surface area contributed by atoms with E-state index < -0.39 is 24.5 Å². The summed E-state index contributed by atoms with van der Waals surface area (Å²) in [5, 5.41) is 27.9. The molecule has 4 rings (SSSR count). The quantitative estimate of drug-likeness (QED) is 0.642. The Balaban J connectivity index is 2.12. The van der Waals surface area contributed by atoms with Crippen LogP contribution in [-0.4, -0.2) is 48.1 Å². The summed E-state index contributed by atoms with van der Waals surface area (Å²) in [4.78, 5) is 12.3. The van der Waals surface area contributed by atoms with Crippen molar-refractivity contribution in [2.45, 2.75) is 31.1 Å². The van der Waals surface area contributed by atoms with Crippen LogP contribution in [0.4, 0.5) is 0 Å². The second-order valence-electron chi connectivity index (χ2n) is 4.69. The zero-order chi connectivity index (χ0) is 13.3. The highest BCUT2D eigenvalue weighted by Gasteiger charge is 2.47. The first kappa shape index (κ1) is 11.5. The summed E-state index contributed by atoms with van der Waals surface area (Å²) in [6.45, 7) is 0.242. The highest BCUT2D eigenvalue weighted by atomic mass is 79.9. The Labute approximate surface area is 114 Å². The van der Waals surface area contributed by atoms with Crippen LogP contribution in [0, 0.1) is 0 Å². The summed E-state index contributed by atoms with van der Waals surface area (Å²) in [6.07, 6.45) is -3.73. The van der Waals surface area contributed by atoms with E-state index >= 15 is 0 Å². The highest BCUT2D eigenvalue weighted by Crippen LogP contribution is 2.34. The molecule has 0 aliphatic carbocycles. The highest BCUT2D eigenvalue weighted by molar-refractivity contribution is 9.10. The van der Waals surface area contributed by atoms with Crippen molar-refractivity contribution >= 4 is 27.1 Å². The van der Waals surface area contributed by atoms with E-state index in [4.69, 9.17) is 4.74 Å². The SMILES string of the molecule is O=c1c(Br)cc2nnn3c2n1[C@@H]1O[C@H](C3)C(O)C1O. The fraction of sp³-hybridized carbons (Fsp3) is 0.500. The van der Waals surface area contributed by atoms with Gasteiger partial charge in [0.1, 0.15) is 23.8 Å². The van der Waals surface area contributed by atoms with Crippen LogP contribution in [0.2, 0.25) is 0 Å². The zero-order valence-corrected chi connectivity index (χ0v) is 11.1. The van der Waals surface area contributed by atoms with Gasteiger partial charge in [0.25, 0.3) is 5.56 Å². The fourth-order valence-electron chi connectivity index (χ4n) is 2.68. The molecule has 4 heterocycles. The molecule has 2 bridgehead atoms. The van der Waals surface area contributed by atoms with Gasteiger partial charge in [-0.3, -0.25) is 9.36 Å². The number of aliphatic hydroxyl groups is 2. The number of ether oxygens (including phenoxy) is 1. The van der Waals surface area contributed by atoms with E-state index in [0.717, 1.165) is 0 Å². The Morgan fingerprint density at radius 1 is 1.42 bits per heavy atom. The average Bonchev–Trinajstić information content (AvgIpc) is 2.82. The lowest BCUT2D eigenvalue weighted by molar-refractivity contribution is -0.0352. The summed E-state index contributed by atoms with van der Waals surface area (Å²) >= 11 is 3.16. The van der Waals surface area contributed by atoms with Crippen molar-refractivity contribution in [3.8, 4) is 0 Å². The van der Waals surface area contributed by atoms with Gasteiger partial charge < -0.3 is 14.9 Å². The number of halogens is 1.